The van der Waals surface area contributed by atoms with E-state index in [1.54, 1.807) is 0 Å². The molecule has 4 nitrogen and oxygen atoms in total. The van der Waals surface area contributed by atoms with E-state index in [0.29, 0.717) is 11.6 Å². The Bertz CT molecular complexity index is 829. The summed E-state index contributed by atoms with van der Waals surface area (Å²) in [4.78, 5) is 16.6. The number of piperazine rings is 1. The summed E-state index contributed by atoms with van der Waals surface area (Å²) in [5, 5.41) is 0.925. The minimum Gasteiger partial charge on any atom is -0.465 e. The minimum absolute atomic E-state index is 0.290. The van der Waals surface area contributed by atoms with Crippen LogP contribution >= 0.6 is 11.6 Å². The lowest BCUT2D eigenvalue weighted by molar-refractivity contribution is 0.0601. The maximum Gasteiger partial charge on any atom is 0.337 e. The van der Waals surface area contributed by atoms with E-state index >= 15 is 0 Å². The highest BCUT2D eigenvalue weighted by Crippen LogP contribution is 2.37. The molecule has 0 aromatic heterocycles. The molecule has 0 N–H and O–H groups in total. The fourth-order valence-electron chi connectivity index (χ4n) is 4.54. The number of fused-ring (bicyclic) bond motifs is 1. The van der Waals surface area contributed by atoms with E-state index in [2.05, 4.69) is 21.9 Å². The summed E-state index contributed by atoms with van der Waals surface area (Å²) in [5.41, 5.74) is 4.54. The number of hydrogen-bond acceptors (Lipinski definition) is 4. The van der Waals surface area contributed by atoms with Crippen molar-refractivity contribution in [3.05, 3.63) is 64.2 Å². The Balaban J connectivity index is 1.45. The lowest BCUT2D eigenvalue weighted by Crippen LogP contribution is -2.47. The second-order valence-corrected chi connectivity index (χ2v) is 8.04. The highest BCUT2D eigenvalue weighted by molar-refractivity contribution is 6.31. The van der Waals surface area contributed by atoms with Crippen LogP contribution < -0.4 is 4.90 Å². The second-order valence-electron chi connectivity index (χ2n) is 7.63. The van der Waals surface area contributed by atoms with E-state index in [1.165, 1.54) is 37.5 Å². The van der Waals surface area contributed by atoms with Crippen LogP contribution in [-0.4, -0.2) is 44.2 Å². The first-order chi connectivity index (χ1) is 13.7. The topological polar surface area (TPSA) is 32.8 Å². The second kappa shape index (κ2) is 8.54. The molecule has 1 aliphatic heterocycles. The van der Waals surface area contributed by atoms with Crippen molar-refractivity contribution >= 4 is 23.3 Å². The van der Waals surface area contributed by atoms with Gasteiger partial charge >= 0.3 is 5.97 Å². The van der Waals surface area contributed by atoms with Crippen LogP contribution in [0.1, 0.15) is 46.8 Å². The Hall–Kier alpha value is -2.04. The zero-order valence-corrected chi connectivity index (χ0v) is 17.1. The van der Waals surface area contributed by atoms with Gasteiger partial charge in [-0.05, 0) is 60.7 Å². The number of carbonyl (C=O) groups excluding carboxylic acids is 1. The van der Waals surface area contributed by atoms with Gasteiger partial charge in [0.1, 0.15) is 0 Å². The fraction of sp³-hybridized carbons (Fsp3) is 0.435. The Morgan fingerprint density at radius 3 is 2.50 bits per heavy atom. The maximum atomic E-state index is 11.6. The third-order valence-electron chi connectivity index (χ3n) is 6.08. The first-order valence-corrected chi connectivity index (χ1v) is 10.5. The number of carbonyl (C=O) groups is 1. The largest absolute Gasteiger partial charge is 0.465 e. The minimum atomic E-state index is -0.290. The predicted molar refractivity (Wildman–Crippen MR) is 113 cm³/mol. The molecule has 1 heterocycles. The van der Waals surface area contributed by atoms with Gasteiger partial charge in [-0.3, -0.25) is 4.90 Å². The molecule has 2 aromatic carbocycles. The Morgan fingerprint density at radius 1 is 1.04 bits per heavy atom. The van der Waals surface area contributed by atoms with Crippen LogP contribution in [0.2, 0.25) is 5.02 Å². The van der Waals surface area contributed by atoms with Crippen LogP contribution in [0.15, 0.2) is 42.5 Å². The van der Waals surface area contributed by atoms with Crippen LogP contribution in [0.5, 0.6) is 0 Å². The molecule has 4 rings (SSSR count). The molecule has 1 unspecified atom stereocenters. The molecule has 0 amide bonds. The Labute approximate surface area is 172 Å². The first-order valence-electron chi connectivity index (χ1n) is 10.1. The summed E-state index contributed by atoms with van der Waals surface area (Å²) in [6.45, 7) is 4.05. The monoisotopic (exact) mass is 398 g/mol. The third kappa shape index (κ3) is 3.89. The van der Waals surface area contributed by atoms with E-state index in [4.69, 9.17) is 16.3 Å². The summed E-state index contributed by atoms with van der Waals surface area (Å²) in [6.07, 6.45) is 4.78. The van der Waals surface area contributed by atoms with Gasteiger partial charge in [-0.2, -0.15) is 0 Å². The summed E-state index contributed by atoms with van der Waals surface area (Å²) in [7, 11) is 1.41. The van der Waals surface area contributed by atoms with Crippen LogP contribution in [-0.2, 0) is 11.2 Å². The van der Waals surface area contributed by atoms with Gasteiger partial charge in [-0.25, -0.2) is 4.79 Å². The number of rotatable bonds is 3. The predicted octanol–water partition coefficient (Wildman–Crippen LogP) is 4.72. The Morgan fingerprint density at radius 2 is 1.79 bits per heavy atom. The van der Waals surface area contributed by atoms with E-state index in [-0.39, 0.29) is 5.97 Å². The normalized spacial score (nSPS) is 20.4. The fourth-order valence-corrected chi connectivity index (χ4v) is 4.82. The van der Waals surface area contributed by atoms with Crippen LogP contribution in [0, 0.1) is 0 Å². The number of methoxy groups -OCH3 is 1. The molecular formula is C23H27ClN2O2. The molecule has 2 aliphatic rings. The van der Waals surface area contributed by atoms with Crippen molar-refractivity contribution in [3.63, 3.8) is 0 Å². The van der Waals surface area contributed by atoms with E-state index in [9.17, 15) is 4.79 Å². The lowest BCUT2D eigenvalue weighted by atomic mass is 9.97. The summed E-state index contributed by atoms with van der Waals surface area (Å²) in [5.74, 6) is -0.290. The van der Waals surface area contributed by atoms with Gasteiger partial charge in [0.05, 0.1) is 12.7 Å². The van der Waals surface area contributed by atoms with Crippen molar-refractivity contribution < 1.29 is 9.53 Å². The van der Waals surface area contributed by atoms with Crippen molar-refractivity contribution in [2.45, 2.75) is 31.7 Å². The van der Waals surface area contributed by atoms with Crippen LogP contribution in [0.25, 0.3) is 0 Å². The summed E-state index contributed by atoms with van der Waals surface area (Å²) >= 11 is 6.51. The molecule has 0 saturated carbocycles. The van der Waals surface area contributed by atoms with Gasteiger partial charge in [-0.1, -0.05) is 30.2 Å². The molecule has 0 radical (unpaired) electrons. The van der Waals surface area contributed by atoms with Crippen LogP contribution in [0.3, 0.4) is 0 Å². The third-order valence-corrected chi connectivity index (χ3v) is 6.43. The average Bonchev–Trinajstić information content (AvgIpc) is 2.97. The Kier molecular flexibility index (Phi) is 5.88. The number of esters is 1. The van der Waals surface area contributed by atoms with Gasteiger partial charge in [0.25, 0.3) is 0 Å². The molecule has 0 bridgehead atoms. The summed E-state index contributed by atoms with van der Waals surface area (Å²) in [6, 6.07) is 14.6. The maximum absolute atomic E-state index is 11.6. The number of halogens is 1. The number of ether oxygens (including phenoxy) is 1. The molecule has 2 aromatic rings. The van der Waals surface area contributed by atoms with Crippen molar-refractivity contribution in [2.75, 3.05) is 38.2 Å². The SMILES string of the molecule is COC(=O)c1ccc(N2CCN(C3CCCCc4c(Cl)cccc43)CC2)cc1. The van der Waals surface area contributed by atoms with E-state index in [1.807, 2.05) is 30.3 Å². The molecule has 5 heteroatoms. The zero-order chi connectivity index (χ0) is 19.5. The highest BCUT2D eigenvalue weighted by atomic mass is 35.5. The molecule has 148 valence electrons. The van der Waals surface area contributed by atoms with Crippen molar-refractivity contribution in [1.29, 1.82) is 0 Å². The molecule has 1 aliphatic carbocycles. The zero-order valence-electron chi connectivity index (χ0n) is 16.4. The first kappa shape index (κ1) is 19.3. The standard InChI is InChI=1S/C23H27ClN2O2/c1-28-23(27)17-9-11-18(12-10-17)25-13-15-26(16-14-25)22-8-3-2-5-19-20(22)6-4-7-21(19)24/h4,6-7,9-12,22H,2-3,5,8,13-16H2,1H3. The number of nitrogens with zero attached hydrogens (tertiary/aromatic N) is 2. The van der Waals surface area contributed by atoms with Gasteiger partial charge in [0.15, 0.2) is 0 Å². The van der Waals surface area contributed by atoms with Gasteiger partial charge in [-0.15, -0.1) is 0 Å². The van der Waals surface area contributed by atoms with Crippen molar-refractivity contribution in [3.8, 4) is 0 Å². The van der Waals surface area contributed by atoms with Crippen molar-refractivity contribution in [2.24, 2.45) is 0 Å². The van der Waals surface area contributed by atoms with Crippen LogP contribution in [0.4, 0.5) is 5.69 Å². The molecule has 28 heavy (non-hydrogen) atoms. The van der Waals surface area contributed by atoms with Crippen molar-refractivity contribution in [1.82, 2.24) is 4.90 Å². The molecule has 1 atom stereocenters. The molecule has 1 fully saturated rings. The molecule has 0 spiro atoms. The van der Waals surface area contributed by atoms with Gasteiger partial charge in [0, 0.05) is 42.9 Å². The molecular weight excluding hydrogens is 372 g/mol. The number of anilines is 1. The van der Waals surface area contributed by atoms with Gasteiger partial charge < -0.3 is 9.64 Å². The highest BCUT2D eigenvalue weighted by Gasteiger charge is 2.28. The van der Waals surface area contributed by atoms with E-state index in [0.717, 1.165) is 43.3 Å². The van der Waals surface area contributed by atoms with Gasteiger partial charge in [0.2, 0.25) is 0 Å². The average molecular weight is 399 g/mol. The lowest BCUT2D eigenvalue weighted by Gasteiger charge is -2.40. The van der Waals surface area contributed by atoms with E-state index < -0.39 is 0 Å². The number of benzene rings is 2. The number of hydrogen-bond donors (Lipinski definition) is 0. The molecule has 1 saturated heterocycles. The summed E-state index contributed by atoms with van der Waals surface area (Å²) < 4.78 is 4.78. The smallest absolute Gasteiger partial charge is 0.337 e. The quantitative estimate of drug-likeness (QED) is 0.553.